The Morgan fingerprint density at radius 2 is 1.31 bits per heavy atom. The molecule has 3 aromatic rings. The van der Waals surface area contributed by atoms with Gasteiger partial charge in [0.15, 0.2) is 5.78 Å². The van der Waals surface area contributed by atoms with Crippen LogP contribution in [0.1, 0.15) is 21.5 Å². The van der Waals surface area contributed by atoms with Crippen LogP contribution in [0.4, 0.5) is 0 Å². The van der Waals surface area contributed by atoms with Gasteiger partial charge in [-0.15, -0.1) is 0 Å². The molecule has 0 fully saturated rings. The molecule has 0 aliphatic rings. The molecule has 0 radical (unpaired) electrons. The van der Waals surface area contributed by atoms with Crippen LogP contribution >= 0.6 is 15.9 Å². The van der Waals surface area contributed by atoms with E-state index in [0.29, 0.717) is 11.3 Å². The Labute approximate surface area is 176 Å². The minimum absolute atomic E-state index is 0.317. The van der Waals surface area contributed by atoms with E-state index in [1.807, 2.05) is 60.7 Å². The van der Waals surface area contributed by atoms with Gasteiger partial charge in [0.05, 0.1) is 5.71 Å². The highest BCUT2D eigenvalue weighted by Gasteiger charge is 2.13. The molecule has 0 atom stereocenters. The zero-order valence-corrected chi connectivity index (χ0v) is 16.8. The fraction of sp³-hybridized carbons (Fsp3) is 0. The summed E-state index contributed by atoms with van der Waals surface area (Å²) in [5.41, 5.74) is 4.80. The number of ketones is 1. The average Bonchev–Trinajstić information content (AvgIpc) is 2.75. The maximum atomic E-state index is 12.4. The molecule has 0 heterocycles. The molecule has 29 heavy (non-hydrogen) atoms. The second kappa shape index (κ2) is 9.61. The Morgan fingerprint density at radius 3 is 1.79 bits per heavy atom. The van der Waals surface area contributed by atoms with Crippen LogP contribution < -0.4 is 5.43 Å². The topological polar surface area (TPSA) is 78.8 Å². The number of halogens is 1. The van der Waals surface area contributed by atoms with Gasteiger partial charge in [-0.1, -0.05) is 76.6 Å². The van der Waals surface area contributed by atoms with Gasteiger partial charge < -0.3 is 5.11 Å². The highest BCUT2D eigenvalue weighted by Crippen LogP contribution is 2.13. The quantitative estimate of drug-likeness (QED) is 0.238. The molecular weight excluding hydrogens is 432 g/mol. The first-order valence-corrected chi connectivity index (χ1v) is 9.53. The molecular formula is C23H17BrN2O3. The van der Waals surface area contributed by atoms with Crippen LogP contribution in [0.3, 0.4) is 0 Å². The monoisotopic (exact) mass is 448 g/mol. The van der Waals surface area contributed by atoms with E-state index in [9.17, 15) is 14.7 Å². The summed E-state index contributed by atoms with van der Waals surface area (Å²) < 4.78 is 0.828. The van der Waals surface area contributed by atoms with E-state index in [1.165, 1.54) is 0 Å². The fourth-order valence-corrected chi connectivity index (χ4v) is 2.84. The summed E-state index contributed by atoms with van der Waals surface area (Å²) in [6.07, 6.45) is 1.03. The van der Waals surface area contributed by atoms with Gasteiger partial charge in [0.1, 0.15) is 5.70 Å². The minimum Gasteiger partial charge on any atom is -0.477 e. The zero-order chi connectivity index (χ0) is 20.6. The number of carbonyl (C=O) groups excluding carboxylic acids is 1. The lowest BCUT2D eigenvalue weighted by Gasteiger charge is -2.09. The molecule has 0 aliphatic carbocycles. The molecule has 0 bridgehead atoms. The number of nitrogens with zero attached hydrogens (tertiary/aromatic N) is 1. The van der Waals surface area contributed by atoms with Crippen LogP contribution in [-0.4, -0.2) is 22.6 Å². The highest BCUT2D eigenvalue weighted by atomic mass is 79.9. The van der Waals surface area contributed by atoms with Crippen molar-refractivity contribution in [1.82, 2.24) is 5.43 Å². The van der Waals surface area contributed by atoms with Gasteiger partial charge in [-0.2, -0.15) is 5.10 Å². The molecule has 0 unspecified atom stereocenters. The van der Waals surface area contributed by atoms with E-state index in [-0.39, 0.29) is 5.70 Å². The zero-order valence-electron chi connectivity index (χ0n) is 15.2. The molecule has 144 valence electrons. The maximum absolute atomic E-state index is 12.4. The SMILES string of the molecule is O=C(O)/C(=C/C(=O)c1ccc(Br)cc1)NN=C(c1ccccc1)c1ccccc1. The molecule has 0 aliphatic heterocycles. The summed E-state index contributed by atoms with van der Waals surface area (Å²) in [5, 5.41) is 13.8. The predicted molar refractivity (Wildman–Crippen MR) is 116 cm³/mol. The molecule has 2 N–H and O–H groups in total. The van der Waals surface area contributed by atoms with Crippen molar-refractivity contribution in [3.63, 3.8) is 0 Å². The Kier molecular flexibility index (Phi) is 6.71. The van der Waals surface area contributed by atoms with E-state index >= 15 is 0 Å². The van der Waals surface area contributed by atoms with Gasteiger partial charge in [-0.25, -0.2) is 4.79 Å². The number of benzene rings is 3. The molecule has 6 heteroatoms. The number of allylic oxidation sites excluding steroid dienone is 1. The van der Waals surface area contributed by atoms with Crippen LogP contribution in [0.25, 0.3) is 0 Å². The second-order valence-corrected chi connectivity index (χ2v) is 6.95. The van der Waals surface area contributed by atoms with Gasteiger partial charge >= 0.3 is 5.97 Å². The van der Waals surface area contributed by atoms with E-state index in [4.69, 9.17) is 0 Å². The van der Waals surface area contributed by atoms with Crippen molar-refractivity contribution in [2.24, 2.45) is 5.10 Å². The molecule has 3 rings (SSSR count). The Morgan fingerprint density at radius 1 is 0.793 bits per heavy atom. The molecule has 3 aromatic carbocycles. The molecule has 0 spiro atoms. The van der Waals surface area contributed by atoms with Crippen LogP contribution in [0.15, 0.2) is 106 Å². The number of hydrogen-bond donors (Lipinski definition) is 2. The van der Waals surface area contributed by atoms with E-state index in [1.54, 1.807) is 24.3 Å². The third-order valence-corrected chi connectivity index (χ3v) is 4.55. The summed E-state index contributed by atoms with van der Waals surface area (Å²) in [5.74, 6) is -1.71. The number of hydrogen-bond acceptors (Lipinski definition) is 4. The molecule has 5 nitrogen and oxygen atoms in total. The van der Waals surface area contributed by atoms with Gasteiger partial charge in [0.2, 0.25) is 0 Å². The standard InChI is InChI=1S/C23H17BrN2O3/c24-19-13-11-16(12-14-19)21(27)15-20(23(28)29)25-26-22(17-7-3-1-4-8-17)18-9-5-2-6-10-18/h1-15,25H,(H,28,29)/b20-15-. The van der Waals surface area contributed by atoms with Crippen molar-refractivity contribution in [2.75, 3.05) is 0 Å². The number of carbonyl (C=O) groups is 2. The van der Waals surface area contributed by atoms with Crippen LogP contribution in [0.2, 0.25) is 0 Å². The van der Waals surface area contributed by atoms with Gasteiger partial charge in [0.25, 0.3) is 0 Å². The summed E-state index contributed by atoms with van der Waals surface area (Å²) in [4.78, 5) is 24.1. The Bertz CT molecular complexity index is 1020. The molecule has 0 amide bonds. The van der Waals surface area contributed by atoms with Gasteiger partial charge in [0, 0.05) is 27.2 Å². The van der Waals surface area contributed by atoms with E-state index < -0.39 is 11.8 Å². The summed E-state index contributed by atoms with van der Waals surface area (Å²) in [6, 6.07) is 25.5. The summed E-state index contributed by atoms with van der Waals surface area (Å²) in [7, 11) is 0. The van der Waals surface area contributed by atoms with Crippen molar-refractivity contribution < 1.29 is 14.7 Å². The first-order valence-electron chi connectivity index (χ1n) is 8.74. The first-order chi connectivity index (χ1) is 14.0. The number of nitrogens with one attached hydrogen (secondary N) is 1. The number of rotatable bonds is 7. The van der Waals surface area contributed by atoms with E-state index in [2.05, 4.69) is 26.5 Å². The summed E-state index contributed by atoms with van der Waals surface area (Å²) >= 11 is 3.30. The third kappa shape index (κ3) is 5.49. The lowest BCUT2D eigenvalue weighted by molar-refractivity contribution is -0.133. The average molecular weight is 449 g/mol. The van der Waals surface area contributed by atoms with E-state index in [0.717, 1.165) is 21.7 Å². The highest BCUT2D eigenvalue weighted by molar-refractivity contribution is 9.10. The lowest BCUT2D eigenvalue weighted by atomic mass is 10.0. The smallest absolute Gasteiger partial charge is 0.353 e. The van der Waals surface area contributed by atoms with Gasteiger partial charge in [-0.3, -0.25) is 10.2 Å². The Balaban J connectivity index is 1.93. The lowest BCUT2D eigenvalue weighted by Crippen LogP contribution is -2.19. The minimum atomic E-state index is -1.28. The van der Waals surface area contributed by atoms with Gasteiger partial charge in [-0.05, 0) is 24.3 Å². The molecule has 0 aromatic heterocycles. The fourth-order valence-electron chi connectivity index (χ4n) is 2.57. The summed E-state index contributed by atoms with van der Waals surface area (Å²) in [6.45, 7) is 0. The van der Waals surface area contributed by atoms with Crippen LogP contribution in [0, 0.1) is 0 Å². The second-order valence-electron chi connectivity index (χ2n) is 6.04. The van der Waals surface area contributed by atoms with Crippen molar-refractivity contribution in [2.45, 2.75) is 0 Å². The van der Waals surface area contributed by atoms with Crippen LogP contribution in [0.5, 0.6) is 0 Å². The number of aliphatic carboxylic acids is 1. The van der Waals surface area contributed by atoms with Crippen molar-refractivity contribution in [3.8, 4) is 0 Å². The molecule has 0 saturated carbocycles. The maximum Gasteiger partial charge on any atom is 0.353 e. The number of carboxylic acid groups (broad SMARTS) is 1. The normalized spacial score (nSPS) is 10.9. The number of carboxylic acids is 1. The number of hydrazone groups is 1. The largest absolute Gasteiger partial charge is 0.477 e. The Hall–Kier alpha value is -3.51. The molecule has 0 saturated heterocycles. The van der Waals surface area contributed by atoms with Crippen molar-refractivity contribution >= 4 is 33.4 Å². The predicted octanol–water partition coefficient (Wildman–Crippen LogP) is 4.64. The van der Waals surface area contributed by atoms with Crippen molar-refractivity contribution in [3.05, 3.63) is 118 Å². The van der Waals surface area contributed by atoms with Crippen molar-refractivity contribution in [1.29, 1.82) is 0 Å². The third-order valence-electron chi connectivity index (χ3n) is 4.02. The van der Waals surface area contributed by atoms with Crippen LogP contribution in [-0.2, 0) is 4.79 Å². The first kappa shape index (κ1) is 20.2.